The van der Waals surface area contributed by atoms with Crippen molar-refractivity contribution >= 4 is 17.5 Å². The predicted molar refractivity (Wildman–Crippen MR) is 69.9 cm³/mol. The Balaban J connectivity index is 1.85. The molecule has 0 aliphatic carbocycles. The minimum atomic E-state index is 0.121. The number of hydrogen-bond acceptors (Lipinski definition) is 3. The lowest BCUT2D eigenvalue weighted by Gasteiger charge is -2.27. The molecule has 0 N–H and O–H groups in total. The van der Waals surface area contributed by atoms with E-state index in [-0.39, 0.29) is 18.1 Å². The number of ether oxygens (including phenoxy) is 2. The smallest absolute Gasteiger partial charge is 0.223 e. The highest BCUT2D eigenvalue weighted by atomic mass is 35.5. The average Bonchev–Trinajstić information content (AvgIpc) is 3.01. The van der Waals surface area contributed by atoms with Crippen LogP contribution >= 0.6 is 11.6 Å². The number of rotatable bonds is 6. The third-order valence-corrected chi connectivity index (χ3v) is 3.75. The third kappa shape index (κ3) is 4.11. The SMILES string of the molecule is O=C(CCCl)N(CC1CCCO1)CC1CCCO1. The van der Waals surface area contributed by atoms with E-state index in [0.717, 1.165) is 38.9 Å². The summed E-state index contributed by atoms with van der Waals surface area (Å²) in [6.07, 6.45) is 5.11. The summed E-state index contributed by atoms with van der Waals surface area (Å²) >= 11 is 5.66. The summed E-state index contributed by atoms with van der Waals surface area (Å²) in [6.45, 7) is 3.02. The van der Waals surface area contributed by atoms with E-state index in [1.807, 2.05) is 4.90 Å². The van der Waals surface area contributed by atoms with Crippen molar-refractivity contribution in [3.05, 3.63) is 0 Å². The molecule has 1 amide bonds. The molecule has 104 valence electrons. The van der Waals surface area contributed by atoms with Gasteiger partial charge in [0.05, 0.1) is 12.2 Å². The molecule has 0 radical (unpaired) electrons. The predicted octanol–water partition coefficient (Wildman–Crippen LogP) is 1.80. The fraction of sp³-hybridized carbons (Fsp3) is 0.923. The lowest BCUT2D eigenvalue weighted by Crippen LogP contribution is -2.42. The second kappa shape index (κ2) is 7.31. The maximum absolute atomic E-state index is 12.0. The van der Waals surface area contributed by atoms with Crippen LogP contribution in [0, 0.1) is 0 Å². The Morgan fingerprint density at radius 3 is 2.06 bits per heavy atom. The van der Waals surface area contributed by atoms with Crippen LogP contribution < -0.4 is 0 Å². The minimum absolute atomic E-state index is 0.121. The summed E-state index contributed by atoms with van der Waals surface area (Å²) in [5.74, 6) is 0.503. The molecular weight excluding hydrogens is 254 g/mol. The van der Waals surface area contributed by atoms with Crippen LogP contribution in [0.5, 0.6) is 0 Å². The van der Waals surface area contributed by atoms with Gasteiger partial charge in [-0.3, -0.25) is 4.79 Å². The highest BCUT2D eigenvalue weighted by Gasteiger charge is 2.26. The van der Waals surface area contributed by atoms with Gasteiger partial charge in [0, 0.05) is 38.6 Å². The number of carbonyl (C=O) groups is 1. The van der Waals surface area contributed by atoms with E-state index in [1.54, 1.807) is 0 Å². The van der Waals surface area contributed by atoms with E-state index < -0.39 is 0 Å². The highest BCUT2D eigenvalue weighted by molar-refractivity contribution is 6.18. The average molecular weight is 276 g/mol. The van der Waals surface area contributed by atoms with Crippen LogP contribution in [0.4, 0.5) is 0 Å². The molecule has 2 aliphatic rings. The van der Waals surface area contributed by atoms with Gasteiger partial charge in [0.1, 0.15) is 0 Å². The maximum atomic E-state index is 12.0. The molecule has 0 aromatic rings. The van der Waals surface area contributed by atoms with Crippen LogP contribution in [0.2, 0.25) is 0 Å². The van der Waals surface area contributed by atoms with Crippen molar-refractivity contribution < 1.29 is 14.3 Å². The number of amides is 1. The summed E-state index contributed by atoms with van der Waals surface area (Å²) in [6, 6.07) is 0. The van der Waals surface area contributed by atoms with Crippen LogP contribution in [0.15, 0.2) is 0 Å². The molecule has 2 rings (SSSR count). The molecule has 4 nitrogen and oxygen atoms in total. The van der Waals surface area contributed by atoms with Gasteiger partial charge in [0.25, 0.3) is 0 Å². The van der Waals surface area contributed by atoms with Crippen molar-refractivity contribution in [1.29, 1.82) is 0 Å². The molecule has 2 aliphatic heterocycles. The van der Waals surface area contributed by atoms with E-state index in [9.17, 15) is 4.79 Å². The molecule has 5 heteroatoms. The molecule has 2 unspecified atom stereocenters. The van der Waals surface area contributed by atoms with Crippen molar-refractivity contribution in [2.24, 2.45) is 0 Å². The summed E-state index contributed by atoms with van der Waals surface area (Å²) < 4.78 is 11.2. The second-order valence-corrected chi connectivity index (χ2v) is 5.39. The van der Waals surface area contributed by atoms with E-state index in [2.05, 4.69) is 0 Å². The lowest BCUT2D eigenvalue weighted by atomic mass is 10.2. The molecule has 0 saturated carbocycles. The number of alkyl halides is 1. The molecule has 0 aromatic carbocycles. The van der Waals surface area contributed by atoms with Gasteiger partial charge in [-0.1, -0.05) is 0 Å². The molecule has 2 heterocycles. The number of hydrogen-bond donors (Lipinski definition) is 0. The van der Waals surface area contributed by atoms with Crippen LogP contribution in [-0.4, -0.2) is 55.2 Å². The van der Waals surface area contributed by atoms with Gasteiger partial charge in [0.15, 0.2) is 0 Å². The first kappa shape index (κ1) is 14.1. The highest BCUT2D eigenvalue weighted by Crippen LogP contribution is 2.17. The Bertz CT molecular complexity index is 245. The Hall–Kier alpha value is -0.320. The molecule has 0 aromatic heterocycles. The van der Waals surface area contributed by atoms with Gasteiger partial charge in [0.2, 0.25) is 5.91 Å². The summed E-state index contributed by atoms with van der Waals surface area (Å²) in [5, 5.41) is 0. The molecule has 2 fully saturated rings. The van der Waals surface area contributed by atoms with Crippen molar-refractivity contribution in [3.8, 4) is 0 Å². The van der Waals surface area contributed by atoms with Crippen LogP contribution in [0.3, 0.4) is 0 Å². The third-order valence-electron chi connectivity index (χ3n) is 3.56. The topological polar surface area (TPSA) is 38.8 Å². The fourth-order valence-electron chi connectivity index (χ4n) is 2.59. The number of carbonyl (C=O) groups excluding carboxylic acids is 1. The van der Waals surface area contributed by atoms with Crippen molar-refractivity contribution in [2.45, 2.75) is 44.3 Å². The van der Waals surface area contributed by atoms with Crippen LogP contribution in [0.1, 0.15) is 32.1 Å². The zero-order chi connectivity index (χ0) is 12.8. The second-order valence-electron chi connectivity index (χ2n) is 5.01. The molecule has 18 heavy (non-hydrogen) atoms. The molecule has 2 saturated heterocycles. The van der Waals surface area contributed by atoms with E-state index in [0.29, 0.717) is 25.4 Å². The molecule has 2 atom stereocenters. The maximum Gasteiger partial charge on any atom is 0.223 e. The largest absolute Gasteiger partial charge is 0.376 e. The minimum Gasteiger partial charge on any atom is -0.376 e. The van der Waals surface area contributed by atoms with Gasteiger partial charge in [-0.25, -0.2) is 0 Å². The molecular formula is C13H22ClNO3. The van der Waals surface area contributed by atoms with Gasteiger partial charge in [-0.15, -0.1) is 11.6 Å². The summed E-state index contributed by atoms with van der Waals surface area (Å²) in [5.41, 5.74) is 0. The monoisotopic (exact) mass is 275 g/mol. The van der Waals surface area contributed by atoms with Crippen molar-refractivity contribution in [2.75, 3.05) is 32.2 Å². The first-order valence-electron chi connectivity index (χ1n) is 6.86. The van der Waals surface area contributed by atoms with E-state index in [1.165, 1.54) is 0 Å². The standard InChI is InChI=1S/C13H22ClNO3/c14-6-5-13(16)15(9-11-3-1-7-17-11)10-12-4-2-8-18-12/h11-12H,1-10H2. The van der Waals surface area contributed by atoms with Crippen molar-refractivity contribution in [3.63, 3.8) is 0 Å². The van der Waals surface area contributed by atoms with E-state index >= 15 is 0 Å². The van der Waals surface area contributed by atoms with Crippen molar-refractivity contribution in [1.82, 2.24) is 4.90 Å². The summed E-state index contributed by atoms with van der Waals surface area (Å²) in [4.78, 5) is 13.9. The van der Waals surface area contributed by atoms with Crippen LogP contribution in [-0.2, 0) is 14.3 Å². The number of nitrogens with zero attached hydrogens (tertiary/aromatic N) is 1. The van der Waals surface area contributed by atoms with E-state index in [4.69, 9.17) is 21.1 Å². The first-order valence-corrected chi connectivity index (χ1v) is 7.40. The van der Waals surface area contributed by atoms with Crippen LogP contribution in [0.25, 0.3) is 0 Å². The Kier molecular flexibility index (Phi) is 5.73. The van der Waals surface area contributed by atoms with Gasteiger partial charge < -0.3 is 14.4 Å². The molecule has 0 spiro atoms. The van der Waals surface area contributed by atoms with Gasteiger partial charge in [-0.2, -0.15) is 0 Å². The van der Waals surface area contributed by atoms with Gasteiger partial charge >= 0.3 is 0 Å². The number of halogens is 1. The Morgan fingerprint density at radius 2 is 1.67 bits per heavy atom. The normalized spacial score (nSPS) is 27.6. The summed E-state index contributed by atoms with van der Waals surface area (Å²) in [7, 11) is 0. The molecule has 0 bridgehead atoms. The zero-order valence-corrected chi connectivity index (χ0v) is 11.5. The first-order chi connectivity index (χ1) is 8.79. The van der Waals surface area contributed by atoms with Gasteiger partial charge in [-0.05, 0) is 25.7 Å². The Labute approximate surface area is 114 Å². The zero-order valence-electron chi connectivity index (χ0n) is 10.8. The lowest BCUT2D eigenvalue weighted by molar-refractivity contribution is -0.134. The Morgan fingerprint density at radius 1 is 1.11 bits per heavy atom. The fourth-order valence-corrected chi connectivity index (χ4v) is 2.75. The quantitative estimate of drug-likeness (QED) is 0.694.